The zero-order valence-corrected chi connectivity index (χ0v) is 20.9. The molecular weight excluding hydrogens is 470 g/mol. The van der Waals surface area contributed by atoms with Crippen LogP contribution in [-0.4, -0.2) is 59.7 Å². The number of benzene rings is 3. The molecule has 1 aliphatic rings. The summed E-state index contributed by atoms with van der Waals surface area (Å²) < 4.78 is 5.71. The number of hydrogen-bond donors (Lipinski definition) is 4. The summed E-state index contributed by atoms with van der Waals surface area (Å²) in [5.74, 6) is -1.51. The van der Waals surface area contributed by atoms with Crippen LogP contribution in [-0.2, 0) is 22.6 Å². The summed E-state index contributed by atoms with van der Waals surface area (Å²) >= 11 is 0. The summed E-state index contributed by atoms with van der Waals surface area (Å²) in [5.41, 5.74) is 11.5. The van der Waals surface area contributed by atoms with Gasteiger partial charge in [0, 0.05) is 24.3 Å². The van der Waals surface area contributed by atoms with Crippen molar-refractivity contribution in [2.75, 3.05) is 32.1 Å². The maximum atomic E-state index is 11.5. The lowest BCUT2D eigenvalue weighted by atomic mass is 9.94. The van der Waals surface area contributed by atoms with Crippen LogP contribution in [0.4, 0.5) is 5.69 Å². The number of aliphatic carboxylic acids is 1. The predicted molar refractivity (Wildman–Crippen MR) is 143 cm³/mol. The van der Waals surface area contributed by atoms with E-state index in [0.29, 0.717) is 12.1 Å². The molecular formula is C29H33N3O5. The number of hydrogen-bond acceptors (Lipinski definition) is 7. The van der Waals surface area contributed by atoms with E-state index in [1.807, 2.05) is 30.3 Å². The third kappa shape index (κ3) is 6.67. The number of nitrogens with two attached hydrogens (primary N) is 1. The highest BCUT2D eigenvalue weighted by Crippen LogP contribution is 2.32. The number of phenolic OH excluding ortho intramolecular Hbond substituents is 1. The fraction of sp³-hybridized carbons (Fsp3) is 0.310. The number of nitrogens with one attached hydrogen (secondary N) is 1. The van der Waals surface area contributed by atoms with Gasteiger partial charge in [-0.15, -0.1) is 0 Å². The van der Waals surface area contributed by atoms with Crippen molar-refractivity contribution in [1.82, 2.24) is 4.90 Å². The van der Waals surface area contributed by atoms with E-state index in [0.717, 1.165) is 47.6 Å². The van der Waals surface area contributed by atoms with Crippen LogP contribution in [0.25, 0.3) is 11.1 Å². The zero-order chi connectivity index (χ0) is 26.4. The number of aromatic hydroxyl groups is 1. The second kappa shape index (κ2) is 11.9. The summed E-state index contributed by atoms with van der Waals surface area (Å²) in [6.07, 6.45) is 3.17. The van der Waals surface area contributed by atoms with Crippen molar-refractivity contribution >= 4 is 17.4 Å². The molecule has 1 atom stereocenters. The summed E-state index contributed by atoms with van der Waals surface area (Å²) in [6.45, 7) is 3.16. The number of ketones is 1. The molecule has 0 aromatic heterocycles. The van der Waals surface area contributed by atoms with Crippen LogP contribution in [0.1, 0.15) is 29.5 Å². The molecule has 1 heterocycles. The van der Waals surface area contributed by atoms with Crippen LogP contribution in [0.3, 0.4) is 0 Å². The van der Waals surface area contributed by atoms with Crippen LogP contribution in [0.2, 0.25) is 0 Å². The Morgan fingerprint density at radius 1 is 1.03 bits per heavy atom. The summed E-state index contributed by atoms with van der Waals surface area (Å²) in [7, 11) is 1.71. The Balaban J connectivity index is 1.50. The van der Waals surface area contributed by atoms with E-state index < -0.39 is 17.8 Å². The normalized spacial score (nSPS) is 14.3. The molecule has 0 aliphatic carbocycles. The number of carboxylic acid groups (broad SMARTS) is 1. The first-order valence-corrected chi connectivity index (χ1v) is 12.4. The lowest BCUT2D eigenvalue weighted by Gasteiger charge is -2.18. The molecule has 0 amide bonds. The maximum Gasteiger partial charge on any atom is 0.373 e. The molecule has 8 nitrogen and oxygen atoms in total. The minimum Gasteiger partial charge on any atom is -0.508 e. The van der Waals surface area contributed by atoms with Crippen molar-refractivity contribution in [1.29, 1.82) is 0 Å². The van der Waals surface area contributed by atoms with E-state index in [1.54, 1.807) is 19.2 Å². The second-order valence-corrected chi connectivity index (χ2v) is 9.38. The van der Waals surface area contributed by atoms with E-state index in [1.165, 1.54) is 18.4 Å². The average molecular weight is 504 g/mol. The smallest absolute Gasteiger partial charge is 0.373 e. The second-order valence-electron chi connectivity index (χ2n) is 9.38. The van der Waals surface area contributed by atoms with E-state index in [-0.39, 0.29) is 12.3 Å². The van der Waals surface area contributed by atoms with Crippen LogP contribution in [0.15, 0.2) is 60.7 Å². The number of rotatable bonds is 11. The Bertz CT molecular complexity index is 1250. The highest BCUT2D eigenvalue weighted by molar-refractivity contribution is 6.34. The highest BCUT2D eigenvalue weighted by atomic mass is 16.5. The minimum atomic E-state index is -1.54. The van der Waals surface area contributed by atoms with Crippen LogP contribution >= 0.6 is 0 Å². The van der Waals surface area contributed by atoms with Gasteiger partial charge in [0.1, 0.15) is 11.5 Å². The zero-order valence-electron chi connectivity index (χ0n) is 20.9. The lowest BCUT2D eigenvalue weighted by molar-refractivity contribution is -0.149. The first-order chi connectivity index (χ1) is 17.8. The van der Waals surface area contributed by atoms with Crippen molar-refractivity contribution < 1.29 is 24.5 Å². The molecule has 194 valence electrons. The number of anilines is 1. The van der Waals surface area contributed by atoms with Crippen molar-refractivity contribution in [3.63, 3.8) is 0 Å². The Morgan fingerprint density at radius 2 is 1.73 bits per heavy atom. The van der Waals surface area contributed by atoms with Crippen molar-refractivity contribution in [3.8, 4) is 22.6 Å². The first kappa shape index (κ1) is 26.2. The van der Waals surface area contributed by atoms with Gasteiger partial charge >= 0.3 is 5.97 Å². The van der Waals surface area contributed by atoms with E-state index in [4.69, 9.17) is 15.6 Å². The molecule has 1 saturated heterocycles. The number of nitrogens with zero attached hydrogens (tertiary/aromatic N) is 1. The molecule has 1 fully saturated rings. The SMILES string of the molecule is COc1cc(Cc2ccc(O)cc2-c2ccc(NCC(N)C(=O)C(=O)O)cc2)ccc1CN1CCCC1. The van der Waals surface area contributed by atoms with Gasteiger partial charge in [-0.2, -0.15) is 0 Å². The molecule has 0 bridgehead atoms. The maximum absolute atomic E-state index is 11.5. The third-order valence-corrected chi connectivity index (χ3v) is 6.70. The summed E-state index contributed by atoms with van der Waals surface area (Å²) in [5, 5.41) is 22.0. The quantitative estimate of drug-likeness (QED) is 0.292. The van der Waals surface area contributed by atoms with Crippen LogP contribution in [0.5, 0.6) is 11.5 Å². The lowest BCUT2D eigenvalue weighted by Crippen LogP contribution is -2.41. The standard InChI is InChI=1S/C29H33N3O5/c1-37-27-15-19(4-5-22(27)18-32-12-2-3-13-32)14-21-8-11-24(33)16-25(21)20-6-9-23(10-7-20)31-17-26(30)28(34)29(35)36/h4-11,15-16,26,31,33H,2-3,12-14,17-18,30H2,1H3,(H,35,36). The van der Waals surface area contributed by atoms with Crippen molar-refractivity contribution in [2.45, 2.75) is 31.8 Å². The van der Waals surface area contributed by atoms with Gasteiger partial charge in [-0.05, 0) is 84.9 Å². The number of Topliss-reactive ketones (excluding diaryl/α,β-unsaturated/α-hetero) is 1. The molecule has 3 aromatic carbocycles. The Hall–Kier alpha value is -3.88. The fourth-order valence-corrected chi connectivity index (χ4v) is 4.67. The number of carbonyl (C=O) groups excluding carboxylic acids is 1. The molecule has 8 heteroatoms. The third-order valence-electron chi connectivity index (χ3n) is 6.70. The number of phenols is 1. The molecule has 0 saturated carbocycles. The molecule has 5 N–H and O–H groups in total. The van der Waals surface area contributed by atoms with Gasteiger partial charge in [0.25, 0.3) is 5.78 Å². The first-order valence-electron chi connectivity index (χ1n) is 12.4. The summed E-state index contributed by atoms with van der Waals surface area (Å²) in [6, 6.07) is 18.1. The molecule has 4 rings (SSSR count). The largest absolute Gasteiger partial charge is 0.508 e. The molecule has 3 aromatic rings. The molecule has 37 heavy (non-hydrogen) atoms. The van der Waals surface area contributed by atoms with Gasteiger partial charge in [0.15, 0.2) is 0 Å². The van der Waals surface area contributed by atoms with Gasteiger partial charge in [-0.25, -0.2) is 4.79 Å². The number of methoxy groups -OCH3 is 1. The van der Waals surface area contributed by atoms with Gasteiger partial charge in [-0.1, -0.05) is 30.3 Å². The Morgan fingerprint density at radius 3 is 2.41 bits per heavy atom. The number of likely N-dealkylation sites (tertiary alicyclic amines) is 1. The predicted octanol–water partition coefficient (Wildman–Crippen LogP) is 3.65. The van der Waals surface area contributed by atoms with Gasteiger partial charge in [0.05, 0.1) is 13.2 Å². The Labute approximate surface area is 216 Å². The monoisotopic (exact) mass is 503 g/mol. The number of ether oxygens (including phenoxy) is 1. The van der Waals surface area contributed by atoms with Crippen molar-refractivity contribution in [2.24, 2.45) is 5.73 Å². The summed E-state index contributed by atoms with van der Waals surface area (Å²) in [4.78, 5) is 24.7. The number of carboxylic acids is 1. The topological polar surface area (TPSA) is 125 Å². The Kier molecular flexibility index (Phi) is 8.43. The molecule has 1 unspecified atom stereocenters. The van der Waals surface area contributed by atoms with Crippen LogP contribution in [0, 0.1) is 0 Å². The molecule has 0 radical (unpaired) electrons. The van der Waals surface area contributed by atoms with Crippen LogP contribution < -0.4 is 15.8 Å². The molecule has 0 spiro atoms. The molecule has 1 aliphatic heterocycles. The van der Waals surface area contributed by atoms with E-state index in [2.05, 4.69) is 28.4 Å². The van der Waals surface area contributed by atoms with Gasteiger partial charge in [0.2, 0.25) is 0 Å². The van der Waals surface area contributed by atoms with Gasteiger partial charge in [-0.3, -0.25) is 9.69 Å². The van der Waals surface area contributed by atoms with E-state index in [9.17, 15) is 14.7 Å². The highest BCUT2D eigenvalue weighted by Gasteiger charge is 2.20. The van der Waals surface area contributed by atoms with E-state index >= 15 is 0 Å². The number of carbonyl (C=O) groups is 2. The minimum absolute atomic E-state index is 0.0114. The van der Waals surface area contributed by atoms with Gasteiger partial charge < -0.3 is 26.0 Å². The fourth-order valence-electron chi connectivity index (χ4n) is 4.67. The van der Waals surface area contributed by atoms with Crippen molar-refractivity contribution in [3.05, 3.63) is 77.4 Å². The average Bonchev–Trinajstić information content (AvgIpc) is 3.42.